The van der Waals surface area contributed by atoms with Crippen LogP contribution >= 0.6 is 0 Å². The fraction of sp³-hybridized carbons (Fsp3) is 0.318. The molecule has 31 heavy (non-hydrogen) atoms. The molecule has 0 saturated carbocycles. The molecule has 0 aliphatic heterocycles. The Morgan fingerprint density at radius 3 is 2.29 bits per heavy atom. The van der Waals surface area contributed by atoms with Crippen molar-refractivity contribution in [2.24, 2.45) is 0 Å². The quantitative estimate of drug-likeness (QED) is 0.665. The lowest BCUT2D eigenvalue weighted by Crippen LogP contribution is -2.39. The van der Waals surface area contributed by atoms with Crippen molar-refractivity contribution in [3.8, 4) is 0 Å². The van der Waals surface area contributed by atoms with Crippen molar-refractivity contribution in [3.63, 3.8) is 0 Å². The van der Waals surface area contributed by atoms with Crippen LogP contribution < -0.4 is 10.6 Å². The number of likely N-dealkylation sites (N-methyl/N-ethyl adjacent to an activating group) is 1. The van der Waals surface area contributed by atoms with E-state index in [2.05, 4.69) is 10.6 Å². The Bertz CT molecular complexity index is 945. The molecule has 0 heterocycles. The second-order valence-corrected chi connectivity index (χ2v) is 6.82. The number of nitrogens with one attached hydrogen (secondary N) is 2. The standard InChI is InChI=1S/C22H24F3N3O3/c1-3-28(14-19(29)27-18-11-7-6-10-17(18)22(23,24)25)20(30)12-13-26-21(31)16-9-5-4-8-15(16)2/h4-11H,3,12-14H2,1-2H3,(H,26,31)(H,27,29). The second kappa shape index (κ2) is 10.6. The van der Waals surface area contributed by atoms with Gasteiger partial charge < -0.3 is 15.5 Å². The fourth-order valence-electron chi connectivity index (χ4n) is 2.94. The summed E-state index contributed by atoms with van der Waals surface area (Å²) in [6.45, 7) is 3.32. The van der Waals surface area contributed by atoms with E-state index in [1.807, 2.05) is 6.07 Å². The number of rotatable bonds is 8. The summed E-state index contributed by atoms with van der Waals surface area (Å²) < 4.78 is 39.2. The van der Waals surface area contributed by atoms with Gasteiger partial charge in [-0.15, -0.1) is 0 Å². The van der Waals surface area contributed by atoms with E-state index in [-0.39, 0.29) is 31.1 Å². The van der Waals surface area contributed by atoms with E-state index in [4.69, 9.17) is 0 Å². The SMILES string of the molecule is CCN(CC(=O)Nc1ccccc1C(F)(F)F)C(=O)CCNC(=O)c1ccccc1C. The molecule has 0 aliphatic rings. The maximum atomic E-state index is 13.1. The number of benzene rings is 2. The maximum Gasteiger partial charge on any atom is 0.418 e. The Morgan fingerprint density at radius 2 is 1.65 bits per heavy atom. The van der Waals surface area contributed by atoms with E-state index >= 15 is 0 Å². The van der Waals surface area contributed by atoms with Crippen LogP contribution in [0.15, 0.2) is 48.5 Å². The highest BCUT2D eigenvalue weighted by atomic mass is 19.4. The van der Waals surface area contributed by atoms with E-state index in [0.717, 1.165) is 17.7 Å². The summed E-state index contributed by atoms with van der Waals surface area (Å²) in [4.78, 5) is 38.0. The van der Waals surface area contributed by atoms with Crippen molar-refractivity contribution in [3.05, 3.63) is 65.2 Å². The number of hydrogen-bond acceptors (Lipinski definition) is 3. The molecule has 0 radical (unpaired) electrons. The molecule has 0 aliphatic carbocycles. The zero-order chi connectivity index (χ0) is 23.0. The number of anilines is 1. The minimum Gasteiger partial charge on any atom is -0.352 e. The van der Waals surface area contributed by atoms with Crippen LogP contribution in [-0.2, 0) is 15.8 Å². The van der Waals surface area contributed by atoms with Crippen molar-refractivity contribution in [1.29, 1.82) is 0 Å². The highest BCUT2D eigenvalue weighted by molar-refractivity contribution is 5.96. The third kappa shape index (κ3) is 6.84. The first-order valence-corrected chi connectivity index (χ1v) is 9.71. The highest BCUT2D eigenvalue weighted by Gasteiger charge is 2.33. The average Bonchev–Trinajstić information content (AvgIpc) is 2.71. The molecule has 2 rings (SSSR count). The zero-order valence-electron chi connectivity index (χ0n) is 17.3. The lowest BCUT2D eigenvalue weighted by molar-refractivity contribution is -0.137. The lowest BCUT2D eigenvalue weighted by atomic mass is 10.1. The summed E-state index contributed by atoms with van der Waals surface area (Å²) in [5, 5.41) is 4.87. The van der Waals surface area contributed by atoms with E-state index < -0.39 is 30.1 Å². The topological polar surface area (TPSA) is 78.5 Å². The third-order valence-corrected chi connectivity index (χ3v) is 4.59. The molecule has 3 amide bonds. The van der Waals surface area contributed by atoms with E-state index in [1.54, 1.807) is 32.0 Å². The summed E-state index contributed by atoms with van der Waals surface area (Å²) in [6, 6.07) is 11.7. The first kappa shape index (κ1) is 23.9. The number of hydrogen-bond donors (Lipinski definition) is 2. The largest absolute Gasteiger partial charge is 0.418 e. The van der Waals surface area contributed by atoms with Gasteiger partial charge in [0, 0.05) is 25.1 Å². The van der Waals surface area contributed by atoms with Crippen molar-refractivity contribution < 1.29 is 27.6 Å². The summed E-state index contributed by atoms with van der Waals surface area (Å²) in [6.07, 6.45) is -4.66. The molecule has 0 bridgehead atoms. The van der Waals surface area contributed by atoms with Gasteiger partial charge in [0.2, 0.25) is 11.8 Å². The fourth-order valence-corrected chi connectivity index (χ4v) is 2.94. The van der Waals surface area contributed by atoms with Crippen LogP contribution in [0.3, 0.4) is 0 Å². The van der Waals surface area contributed by atoms with Gasteiger partial charge in [-0.25, -0.2) is 0 Å². The van der Waals surface area contributed by atoms with Crippen molar-refractivity contribution in [2.45, 2.75) is 26.4 Å². The Balaban J connectivity index is 1.89. The minimum atomic E-state index is -4.61. The number of para-hydroxylation sites is 1. The normalized spacial score (nSPS) is 11.0. The average molecular weight is 435 g/mol. The first-order chi connectivity index (χ1) is 14.6. The Hall–Kier alpha value is -3.36. The van der Waals surface area contributed by atoms with Gasteiger partial charge in [0.25, 0.3) is 5.91 Å². The van der Waals surface area contributed by atoms with Crippen LogP contribution in [-0.4, -0.2) is 42.3 Å². The molecule has 0 saturated heterocycles. The molecule has 0 aromatic heterocycles. The summed E-state index contributed by atoms with van der Waals surface area (Å²) in [7, 11) is 0. The van der Waals surface area contributed by atoms with Gasteiger partial charge in [0.1, 0.15) is 0 Å². The zero-order valence-corrected chi connectivity index (χ0v) is 17.3. The van der Waals surface area contributed by atoms with Crippen molar-refractivity contribution in [1.82, 2.24) is 10.2 Å². The van der Waals surface area contributed by atoms with Crippen LogP contribution in [0.1, 0.15) is 34.8 Å². The third-order valence-electron chi connectivity index (χ3n) is 4.59. The van der Waals surface area contributed by atoms with Crippen molar-refractivity contribution >= 4 is 23.4 Å². The number of aryl methyl sites for hydroxylation is 1. The van der Waals surface area contributed by atoms with Crippen LogP contribution in [0.4, 0.5) is 18.9 Å². The number of carbonyl (C=O) groups is 3. The number of halogens is 3. The first-order valence-electron chi connectivity index (χ1n) is 9.71. The predicted molar refractivity (Wildman–Crippen MR) is 110 cm³/mol. The van der Waals surface area contributed by atoms with E-state index in [0.29, 0.717) is 5.56 Å². The van der Waals surface area contributed by atoms with Gasteiger partial charge in [0.05, 0.1) is 17.8 Å². The summed E-state index contributed by atoms with van der Waals surface area (Å²) in [5.74, 6) is -1.45. The monoisotopic (exact) mass is 435 g/mol. The molecule has 2 N–H and O–H groups in total. The second-order valence-electron chi connectivity index (χ2n) is 6.82. The molecular weight excluding hydrogens is 411 g/mol. The number of nitrogens with zero attached hydrogens (tertiary/aromatic N) is 1. The summed E-state index contributed by atoms with van der Waals surface area (Å²) in [5.41, 5.74) is -0.0204. The highest BCUT2D eigenvalue weighted by Crippen LogP contribution is 2.34. The van der Waals surface area contributed by atoms with Crippen LogP contribution in [0.25, 0.3) is 0 Å². The van der Waals surface area contributed by atoms with E-state index in [9.17, 15) is 27.6 Å². The lowest BCUT2D eigenvalue weighted by Gasteiger charge is -2.21. The maximum absolute atomic E-state index is 13.1. The van der Waals surface area contributed by atoms with Crippen molar-refractivity contribution in [2.75, 3.05) is 25.0 Å². The molecule has 0 unspecified atom stereocenters. The Labute approximate surface area is 178 Å². The summed E-state index contributed by atoms with van der Waals surface area (Å²) >= 11 is 0. The van der Waals surface area contributed by atoms with Gasteiger partial charge in [-0.1, -0.05) is 30.3 Å². The Kier molecular flexibility index (Phi) is 8.18. The van der Waals surface area contributed by atoms with Crippen LogP contribution in [0.2, 0.25) is 0 Å². The van der Waals surface area contributed by atoms with Gasteiger partial charge in [-0.3, -0.25) is 14.4 Å². The number of amides is 3. The number of carbonyl (C=O) groups excluding carboxylic acids is 3. The molecular formula is C22H24F3N3O3. The molecule has 166 valence electrons. The molecule has 0 fully saturated rings. The Morgan fingerprint density at radius 1 is 1.00 bits per heavy atom. The molecule has 0 spiro atoms. The minimum absolute atomic E-state index is 0.0438. The van der Waals surface area contributed by atoms with E-state index in [1.165, 1.54) is 17.0 Å². The smallest absolute Gasteiger partial charge is 0.352 e. The molecule has 2 aromatic rings. The van der Waals surface area contributed by atoms with Gasteiger partial charge in [0.15, 0.2) is 0 Å². The van der Waals surface area contributed by atoms with Crippen LogP contribution in [0, 0.1) is 6.92 Å². The predicted octanol–water partition coefficient (Wildman–Crippen LogP) is 3.62. The molecule has 0 atom stereocenters. The van der Waals surface area contributed by atoms with Gasteiger partial charge >= 0.3 is 6.18 Å². The van der Waals surface area contributed by atoms with Crippen LogP contribution in [0.5, 0.6) is 0 Å². The van der Waals surface area contributed by atoms with Gasteiger partial charge in [-0.05, 0) is 37.6 Å². The molecule has 6 nitrogen and oxygen atoms in total. The molecule has 9 heteroatoms. The number of alkyl halides is 3. The van der Waals surface area contributed by atoms with Gasteiger partial charge in [-0.2, -0.15) is 13.2 Å². The molecule has 2 aromatic carbocycles.